The Morgan fingerprint density at radius 3 is 2.32 bits per heavy atom. The average molecular weight is 333 g/mol. The fraction of sp³-hybridized carbons (Fsp3) is 0.318. The van der Waals surface area contributed by atoms with Crippen molar-refractivity contribution in [2.45, 2.75) is 20.4 Å². The Kier molecular flexibility index (Phi) is 6.02. The van der Waals surface area contributed by atoms with Crippen molar-refractivity contribution in [3.63, 3.8) is 0 Å². The van der Waals surface area contributed by atoms with E-state index in [0.29, 0.717) is 0 Å². The molecule has 2 aromatic rings. The Labute approximate surface area is 151 Å². The van der Waals surface area contributed by atoms with Crippen LogP contribution in [-0.4, -0.2) is 42.3 Å². The summed E-state index contributed by atoms with van der Waals surface area (Å²) >= 11 is 0. The van der Waals surface area contributed by atoms with E-state index >= 15 is 0 Å². The second kappa shape index (κ2) is 8.63. The molecule has 0 spiro atoms. The van der Waals surface area contributed by atoms with Gasteiger partial charge in [0.2, 0.25) is 0 Å². The van der Waals surface area contributed by atoms with Crippen molar-refractivity contribution in [3.05, 3.63) is 76.9 Å². The standard InChI is InChI=1S/C22H27N3/c1-19-8-10-22(11-9-19)18-24-12-14-25(15-13-24)23-17-20(2)16-21-6-4-3-5-7-21/h3-11,16-17H,12-15,18H2,1-2H3/b20-16+,23-17-. The predicted octanol–water partition coefficient (Wildman–Crippen LogP) is 4.20. The molecular formula is C22H27N3. The van der Waals surface area contributed by atoms with Gasteiger partial charge in [-0.15, -0.1) is 0 Å². The van der Waals surface area contributed by atoms with Gasteiger partial charge in [0.25, 0.3) is 0 Å². The van der Waals surface area contributed by atoms with Crippen molar-refractivity contribution < 1.29 is 0 Å². The molecular weight excluding hydrogens is 306 g/mol. The van der Waals surface area contributed by atoms with Gasteiger partial charge in [-0.05, 0) is 30.5 Å². The molecule has 1 aliphatic rings. The Morgan fingerprint density at radius 2 is 1.64 bits per heavy atom. The zero-order valence-electron chi connectivity index (χ0n) is 15.2. The quantitative estimate of drug-likeness (QED) is 0.764. The molecule has 0 amide bonds. The van der Waals surface area contributed by atoms with Crippen molar-refractivity contribution in [2.24, 2.45) is 5.10 Å². The molecule has 0 aliphatic carbocycles. The van der Waals surface area contributed by atoms with E-state index in [4.69, 9.17) is 0 Å². The summed E-state index contributed by atoms with van der Waals surface area (Å²) in [6.07, 6.45) is 4.14. The number of nitrogens with zero attached hydrogens (tertiary/aromatic N) is 3. The van der Waals surface area contributed by atoms with Gasteiger partial charge in [-0.1, -0.05) is 66.2 Å². The molecule has 1 saturated heterocycles. The zero-order chi connectivity index (χ0) is 17.5. The summed E-state index contributed by atoms with van der Waals surface area (Å²) in [6, 6.07) is 19.2. The van der Waals surface area contributed by atoms with E-state index in [1.54, 1.807) is 0 Å². The smallest absolute Gasteiger partial charge is 0.0499 e. The predicted molar refractivity (Wildman–Crippen MR) is 107 cm³/mol. The number of benzene rings is 2. The Hall–Kier alpha value is -2.39. The van der Waals surface area contributed by atoms with E-state index in [2.05, 4.69) is 83.5 Å². The summed E-state index contributed by atoms with van der Waals surface area (Å²) < 4.78 is 0. The normalized spacial score (nSPS) is 16.6. The number of hydrazone groups is 1. The fourth-order valence-corrected chi connectivity index (χ4v) is 2.98. The van der Waals surface area contributed by atoms with Gasteiger partial charge in [-0.2, -0.15) is 5.10 Å². The van der Waals surface area contributed by atoms with Gasteiger partial charge < -0.3 is 0 Å². The minimum atomic E-state index is 0.987. The second-order valence-electron chi connectivity index (χ2n) is 6.76. The molecule has 0 radical (unpaired) electrons. The van der Waals surface area contributed by atoms with Crippen molar-refractivity contribution in [3.8, 4) is 0 Å². The first kappa shape index (κ1) is 17.4. The first-order valence-electron chi connectivity index (χ1n) is 8.99. The molecule has 0 aromatic heterocycles. The number of piperazine rings is 1. The lowest BCUT2D eigenvalue weighted by Crippen LogP contribution is -2.43. The lowest BCUT2D eigenvalue weighted by Gasteiger charge is -2.33. The molecule has 1 fully saturated rings. The summed E-state index contributed by atoms with van der Waals surface area (Å²) in [5.41, 5.74) is 5.11. The first-order chi connectivity index (χ1) is 12.2. The van der Waals surface area contributed by atoms with Gasteiger partial charge in [-0.25, -0.2) is 0 Å². The highest BCUT2D eigenvalue weighted by Crippen LogP contribution is 2.10. The Bertz CT molecular complexity index is 709. The van der Waals surface area contributed by atoms with Crippen molar-refractivity contribution >= 4 is 12.3 Å². The summed E-state index contributed by atoms with van der Waals surface area (Å²) in [5, 5.41) is 6.82. The monoisotopic (exact) mass is 333 g/mol. The molecule has 1 heterocycles. The minimum absolute atomic E-state index is 0.987. The maximum atomic E-state index is 4.65. The van der Waals surface area contributed by atoms with E-state index in [1.165, 1.54) is 22.3 Å². The third-order valence-electron chi connectivity index (χ3n) is 4.49. The van der Waals surface area contributed by atoms with E-state index in [-0.39, 0.29) is 0 Å². The molecule has 130 valence electrons. The van der Waals surface area contributed by atoms with Crippen LogP contribution in [0.1, 0.15) is 23.6 Å². The Balaban J connectivity index is 1.47. The van der Waals surface area contributed by atoms with E-state index in [1.807, 2.05) is 12.3 Å². The number of aryl methyl sites for hydroxylation is 1. The molecule has 3 heteroatoms. The third-order valence-corrected chi connectivity index (χ3v) is 4.49. The van der Waals surface area contributed by atoms with Crippen LogP contribution in [0.2, 0.25) is 0 Å². The van der Waals surface area contributed by atoms with Crippen LogP contribution in [0.15, 0.2) is 65.3 Å². The van der Waals surface area contributed by atoms with E-state index < -0.39 is 0 Å². The summed E-state index contributed by atoms with van der Waals surface area (Å²) in [5.74, 6) is 0. The fourth-order valence-electron chi connectivity index (χ4n) is 2.98. The topological polar surface area (TPSA) is 18.8 Å². The minimum Gasteiger partial charge on any atom is -0.295 e. The molecule has 2 aromatic carbocycles. The molecule has 0 saturated carbocycles. The molecule has 25 heavy (non-hydrogen) atoms. The van der Waals surface area contributed by atoms with Crippen molar-refractivity contribution in [1.82, 2.24) is 9.91 Å². The van der Waals surface area contributed by atoms with Gasteiger partial charge >= 0.3 is 0 Å². The molecule has 1 aliphatic heterocycles. The lowest BCUT2D eigenvalue weighted by atomic mass is 10.1. The van der Waals surface area contributed by atoms with Gasteiger partial charge in [-0.3, -0.25) is 9.91 Å². The van der Waals surface area contributed by atoms with Gasteiger partial charge in [0.15, 0.2) is 0 Å². The SMILES string of the molecule is CC(/C=N\N1CCN(Cc2ccc(C)cc2)CC1)=C\c1ccccc1. The van der Waals surface area contributed by atoms with Gasteiger partial charge in [0, 0.05) is 38.9 Å². The number of rotatable bonds is 5. The highest BCUT2D eigenvalue weighted by molar-refractivity contribution is 5.84. The van der Waals surface area contributed by atoms with Crippen LogP contribution < -0.4 is 0 Å². The lowest BCUT2D eigenvalue weighted by molar-refractivity contribution is 0.131. The molecule has 3 nitrogen and oxygen atoms in total. The molecule has 3 rings (SSSR count). The van der Waals surface area contributed by atoms with Crippen LogP contribution >= 0.6 is 0 Å². The van der Waals surface area contributed by atoms with Crippen LogP contribution in [0.5, 0.6) is 0 Å². The average Bonchev–Trinajstić information content (AvgIpc) is 2.64. The van der Waals surface area contributed by atoms with Gasteiger partial charge in [0.1, 0.15) is 0 Å². The summed E-state index contributed by atoms with van der Waals surface area (Å²) in [7, 11) is 0. The maximum Gasteiger partial charge on any atom is 0.0499 e. The molecule has 0 unspecified atom stereocenters. The summed E-state index contributed by atoms with van der Waals surface area (Å²) in [6.45, 7) is 9.37. The zero-order valence-corrected chi connectivity index (χ0v) is 15.2. The Morgan fingerprint density at radius 1 is 0.960 bits per heavy atom. The largest absolute Gasteiger partial charge is 0.295 e. The first-order valence-corrected chi connectivity index (χ1v) is 8.99. The molecule has 0 atom stereocenters. The molecule has 0 bridgehead atoms. The number of hydrogen-bond acceptors (Lipinski definition) is 3. The van der Waals surface area contributed by atoms with Crippen LogP contribution in [0.25, 0.3) is 6.08 Å². The van der Waals surface area contributed by atoms with Crippen LogP contribution in [-0.2, 0) is 6.54 Å². The highest BCUT2D eigenvalue weighted by Gasteiger charge is 2.15. The number of allylic oxidation sites excluding steroid dienone is 1. The van der Waals surface area contributed by atoms with Gasteiger partial charge in [0.05, 0.1) is 0 Å². The van der Waals surface area contributed by atoms with Crippen molar-refractivity contribution in [1.29, 1.82) is 0 Å². The summed E-state index contributed by atoms with van der Waals surface area (Å²) in [4.78, 5) is 2.50. The number of hydrogen-bond donors (Lipinski definition) is 0. The van der Waals surface area contributed by atoms with Crippen molar-refractivity contribution in [2.75, 3.05) is 26.2 Å². The maximum absolute atomic E-state index is 4.65. The van der Waals surface area contributed by atoms with Crippen LogP contribution in [0.4, 0.5) is 0 Å². The molecule has 0 N–H and O–H groups in total. The van der Waals surface area contributed by atoms with Crippen LogP contribution in [0, 0.1) is 6.92 Å². The van der Waals surface area contributed by atoms with Crippen LogP contribution in [0.3, 0.4) is 0 Å². The second-order valence-corrected chi connectivity index (χ2v) is 6.76. The third kappa shape index (κ3) is 5.57. The van der Waals surface area contributed by atoms with E-state index in [0.717, 1.165) is 32.7 Å². The van der Waals surface area contributed by atoms with E-state index in [9.17, 15) is 0 Å². The highest BCUT2D eigenvalue weighted by atomic mass is 15.5.